The van der Waals surface area contributed by atoms with Crippen molar-refractivity contribution < 1.29 is 9.21 Å². The molecule has 0 bridgehead atoms. The molecule has 4 heteroatoms. The molecular weight excluding hydrogens is 330 g/mol. The lowest BCUT2D eigenvalue weighted by atomic mass is 10.0. The predicted molar refractivity (Wildman–Crippen MR) is 101 cm³/mol. The maximum Gasteiger partial charge on any atom is 0.226 e. The van der Waals surface area contributed by atoms with Gasteiger partial charge in [0.1, 0.15) is 17.4 Å². The first kappa shape index (κ1) is 15.7. The van der Waals surface area contributed by atoms with E-state index in [1.54, 1.807) is 11.3 Å². The van der Waals surface area contributed by atoms with E-state index >= 15 is 0 Å². The van der Waals surface area contributed by atoms with Crippen molar-refractivity contribution in [1.29, 1.82) is 0 Å². The zero-order valence-electron chi connectivity index (χ0n) is 13.5. The van der Waals surface area contributed by atoms with Crippen molar-refractivity contribution in [2.45, 2.75) is 12.5 Å². The van der Waals surface area contributed by atoms with Crippen LogP contribution in [-0.4, -0.2) is 5.91 Å². The van der Waals surface area contributed by atoms with Gasteiger partial charge in [0.15, 0.2) is 0 Å². The molecule has 124 valence electrons. The van der Waals surface area contributed by atoms with E-state index in [9.17, 15) is 4.79 Å². The average molecular weight is 347 g/mol. The van der Waals surface area contributed by atoms with Crippen molar-refractivity contribution in [2.24, 2.45) is 0 Å². The average Bonchev–Trinajstić information content (AvgIpc) is 3.29. The van der Waals surface area contributed by atoms with Crippen LogP contribution in [0, 0.1) is 0 Å². The molecule has 0 aliphatic heterocycles. The summed E-state index contributed by atoms with van der Waals surface area (Å²) in [5, 5.41) is 6.14. The lowest BCUT2D eigenvalue weighted by molar-refractivity contribution is -0.121. The van der Waals surface area contributed by atoms with Gasteiger partial charge in [-0.25, -0.2) is 0 Å². The van der Waals surface area contributed by atoms with Crippen molar-refractivity contribution >= 4 is 28.2 Å². The SMILES string of the molecule is O=C(Cc1cccs1)N[C@@H](c1ccccc1)c1cc2ccccc2o1. The molecule has 1 amide bonds. The fraction of sp³-hybridized carbons (Fsp3) is 0.0952. The number of rotatable bonds is 5. The number of fused-ring (bicyclic) bond motifs is 1. The highest BCUT2D eigenvalue weighted by Crippen LogP contribution is 2.28. The number of furan rings is 1. The highest BCUT2D eigenvalue weighted by Gasteiger charge is 2.21. The van der Waals surface area contributed by atoms with Gasteiger partial charge < -0.3 is 9.73 Å². The molecule has 0 fully saturated rings. The number of nitrogens with one attached hydrogen (secondary N) is 1. The topological polar surface area (TPSA) is 42.2 Å². The molecule has 0 aliphatic rings. The Bertz CT molecular complexity index is 940. The molecule has 1 N–H and O–H groups in total. The van der Waals surface area contributed by atoms with Gasteiger partial charge in [-0.1, -0.05) is 54.6 Å². The molecule has 3 nitrogen and oxygen atoms in total. The van der Waals surface area contributed by atoms with Gasteiger partial charge in [-0.15, -0.1) is 11.3 Å². The molecule has 2 aromatic heterocycles. The molecule has 0 saturated carbocycles. The Balaban J connectivity index is 1.65. The zero-order valence-corrected chi connectivity index (χ0v) is 14.3. The third-order valence-electron chi connectivity index (χ3n) is 4.08. The van der Waals surface area contributed by atoms with E-state index in [1.165, 1.54) is 0 Å². The molecule has 0 radical (unpaired) electrons. The number of hydrogen-bond acceptors (Lipinski definition) is 3. The van der Waals surface area contributed by atoms with Crippen LogP contribution < -0.4 is 5.32 Å². The fourth-order valence-electron chi connectivity index (χ4n) is 2.89. The van der Waals surface area contributed by atoms with E-state index in [4.69, 9.17) is 4.42 Å². The first-order valence-corrected chi connectivity index (χ1v) is 9.03. The van der Waals surface area contributed by atoms with Crippen molar-refractivity contribution in [2.75, 3.05) is 0 Å². The van der Waals surface area contributed by atoms with E-state index in [1.807, 2.05) is 78.2 Å². The Labute approximate surface area is 149 Å². The summed E-state index contributed by atoms with van der Waals surface area (Å²) in [5.74, 6) is 0.726. The number of para-hydroxylation sites is 1. The van der Waals surface area contributed by atoms with Gasteiger partial charge in [0.2, 0.25) is 5.91 Å². The van der Waals surface area contributed by atoms with E-state index in [0.717, 1.165) is 27.2 Å². The normalized spacial score (nSPS) is 12.2. The summed E-state index contributed by atoms with van der Waals surface area (Å²) in [6, 6.07) is 23.4. The van der Waals surface area contributed by atoms with E-state index < -0.39 is 0 Å². The molecule has 4 aromatic rings. The standard InChI is InChI=1S/C21H17NO2S/c23-20(14-17-10-6-12-25-17)22-21(15-7-2-1-3-8-15)19-13-16-9-4-5-11-18(16)24-19/h1-13,21H,14H2,(H,22,23)/t21-/m0/s1. The Kier molecular flexibility index (Phi) is 4.36. The molecule has 0 spiro atoms. The van der Waals surface area contributed by atoms with E-state index in [-0.39, 0.29) is 11.9 Å². The molecule has 0 unspecified atom stereocenters. The molecule has 0 aliphatic carbocycles. The molecular formula is C21H17NO2S. The third kappa shape index (κ3) is 3.49. The fourth-order valence-corrected chi connectivity index (χ4v) is 3.60. The number of hydrogen-bond donors (Lipinski definition) is 1. The van der Waals surface area contributed by atoms with Gasteiger partial charge in [0.25, 0.3) is 0 Å². The first-order valence-electron chi connectivity index (χ1n) is 8.15. The molecule has 1 atom stereocenters. The van der Waals surface area contributed by atoms with Gasteiger partial charge in [-0.05, 0) is 29.1 Å². The molecule has 2 heterocycles. The Morgan fingerprint density at radius 1 is 1.00 bits per heavy atom. The summed E-state index contributed by atoms with van der Waals surface area (Å²) in [4.78, 5) is 13.6. The molecule has 0 saturated heterocycles. The molecule has 2 aromatic carbocycles. The number of benzene rings is 2. The van der Waals surface area contributed by atoms with Gasteiger partial charge in [0, 0.05) is 10.3 Å². The zero-order chi connectivity index (χ0) is 17.1. The minimum atomic E-state index is -0.305. The van der Waals surface area contributed by atoms with Gasteiger partial charge in [-0.3, -0.25) is 4.79 Å². The molecule has 4 rings (SSSR count). The summed E-state index contributed by atoms with van der Waals surface area (Å²) in [6.45, 7) is 0. The van der Waals surface area contributed by atoms with Crippen LogP contribution in [0.5, 0.6) is 0 Å². The van der Waals surface area contributed by atoms with Crippen LogP contribution >= 0.6 is 11.3 Å². The second-order valence-electron chi connectivity index (χ2n) is 5.85. The lowest BCUT2D eigenvalue weighted by Gasteiger charge is -2.17. The van der Waals surface area contributed by atoms with Crippen molar-refractivity contribution in [3.8, 4) is 0 Å². The second kappa shape index (κ2) is 6.95. The van der Waals surface area contributed by atoms with Crippen LogP contribution in [0.1, 0.15) is 22.2 Å². The van der Waals surface area contributed by atoms with E-state index in [0.29, 0.717) is 6.42 Å². The van der Waals surface area contributed by atoms with Gasteiger partial charge in [-0.2, -0.15) is 0 Å². The number of carbonyl (C=O) groups is 1. The van der Waals surface area contributed by atoms with Crippen LogP contribution in [0.25, 0.3) is 11.0 Å². The third-order valence-corrected chi connectivity index (χ3v) is 4.96. The maximum absolute atomic E-state index is 12.5. The summed E-state index contributed by atoms with van der Waals surface area (Å²) >= 11 is 1.59. The monoisotopic (exact) mass is 347 g/mol. The smallest absolute Gasteiger partial charge is 0.226 e. The first-order chi connectivity index (χ1) is 12.3. The summed E-state index contributed by atoms with van der Waals surface area (Å²) in [5.41, 5.74) is 1.83. The summed E-state index contributed by atoms with van der Waals surface area (Å²) in [6.07, 6.45) is 0.376. The number of carbonyl (C=O) groups excluding carboxylic acids is 1. The Hall–Kier alpha value is -2.85. The largest absolute Gasteiger partial charge is 0.459 e. The van der Waals surface area contributed by atoms with Crippen LogP contribution in [0.3, 0.4) is 0 Å². The predicted octanol–water partition coefficient (Wildman–Crippen LogP) is 4.94. The highest BCUT2D eigenvalue weighted by molar-refractivity contribution is 7.10. The minimum absolute atomic E-state index is 0.0169. The van der Waals surface area contributed by atoms with E-state index in [2.05, 4.69) is 5.32 Å². The Morgan fingerprint density at radius 3 is 2.56 bits per heavy atom. The minimum Gasteiger partial charge on any atom is -0.459 e. The van der Waals surface area contributed by atoms with Crippen LogP contribution in [0.2, 0.25) is 0 Å². The quantitative estimate of drug-likeness (QED) is 0.555. The van der Waals surface area contributed by atoms with Crippen molar-refractivity contribution in [3.63, 3.8) is 0 Å². The van der Waals surface area contributed by atoms with Crippen LogP contribution in [0.4, 0.5) is 0 Å². The Morgan fingerprint density at radius 2 is 1.80 bits per heavy atom. The molecule has 25 heavy (non-hydrogen) atoms. The lowest BCUT2D eigenvalue weighted by Crippen LogP contribution is -2.30. The maximum atomic E-state index is 12.5. The highest BCUT2D eigenvalue weighted by atomic mass is 32.1. The second-order valence-corrected chi connectivity index (χ2v) is 6.89. The van der Waals surface area contributed by atoms with Crippen LogP contribution in [0.15, 0.2) is 82.6 Å². The van der Waals surface area contributed by atoms with Gasteiger partial charge in [0.05, 0.1) is 6.42 Å². The summed E-state index contributed by atoms with van der Waals surface area (Å²) < 4.78 is 6.01. The number of amides is 1. The van der Waals surface area contributed by atoms with Crippen molar-refractivity contribution in [1.82, 2.24) is 5.32 Å². The number of thiophene rings is 1. The van der Waals surface area contributed by atoms with Crippen LogP contribution in [-0.2, 0) is 11.2 Å². The summed E-state index contributed by atoms with van der Waals surface area (Å²) in [7, 11) is 0. The van der Waals surface area contributed by atoms with Crippen molar-refractivity contribution in [3.05, 3.63) is 94.4 Å². The van der Waals surface area contributed by atoms with Gasteiger partial charge >= 0.3 is 0 Å².